The van der Waals surface area contributed by atoms with Crippen LogP contribution in [0.15, 0.2) is 59.7 Å². The Morgan fingerprint density at radius 1 is 1.14 bits per heavy atom. The number of hydrogen-bond acceptors (Lipinski definition) is 3. The molecule has 5 heteroatoms. The molecule has 0 aromatic heterocycles. The van der Waals surface area contributed by atoms with E-state index < -0.39 is 0 Å². The van der Waals surface area contributed by atoms with E-state index in [4.69, 9.17) is 18.0 Å². The van der Waals surface area contributed by atoms with Gasteiger partial charge in [-0.2, -0.15) is 5.10 Å². The maximum atomic E-state index is 10.1. The van der Waals surface area contributed by atoms with E-state index in [0.717, 1.165) is 16.8 Å². The van der Waals surface area contributed by atoms with Crippen LogP contribution in [0.3, 0.4) is 0 Å². The minimum atomic E-state index is -0.168. The molecular formula is C16H15N3OS. The van der Waals surface area contributed by atoms with Crippen LogP contribution in [-0.4, -0.2) is 20.9 Å². The highest BCUT2D eigenvalue weighted by Crippen LogP contribution is 2.36. The van der Waals surface area contributed by atoms with Gasteiger partial charge in [-0.1, -0.05) is 48.5 Å². The molecule has 1 aliphatic rings. The van der Waals surface area contributed by atoms with Crippen LogP contribution in [0, 0.1) is 0 Å². The first-order valence-corrected chi connectivity index (χ1v) is 7.07. The van der Waals surface area contributed by atoms with Crippen molar-refractivity contribution in [3.8, 4) is 5.75 Å². The number of hydrazone groups is 1. The molecule has 0 unspecified atom stereocenters. The molecule has 21 heavy (non-hydrogen) atoms. The van der Waals surface area contributed by atoms with Crippen molar-refractivity contribution in [2.75, 3.05) is 0 Å². The molecule has 0 aliphatic carbocycles. The fourth-order valence-corrected chi connectivity index (χ4v) is 2.70. The molecular weight excluding hydrogens is 282 g/mol. The monoisotopic (exact) mass is 297 g/mol. The number of phenolic OH excluding ortho intramolecular Hbond substituents is 1. The van der Waals surface area contributed by atoms with Gasteiger partial charge < -0.3 is 10.8 Å². The number of para-hydroxylation sites is 1. The Kier molecular flexibility index (Phi) is 3.58. The summed E-state index contributed by atoms with van der Waals surface area (Å²) in [5, 5.41) is 16.4. The minimum absolute atomic E-state index is 0.168. The number of benzene rings is 2. The lowest BCUT2D eigenvalue weighted by atomic mass is 9.98. The van der Waals surface area contributed by atoms with Crippen LogP contribution in [0.4, 0.5) is 0 Å². The van der Waals surface area contributed by atoms with Gasteiger partial charge in [0.2, 0.25) is 0 Å². The number of phenols is 1. The average molecular weight is 297 g/mol. The van der Waals surface area contributed by atoms with Crippen molar-refractivity contribution in [3.63, 3.8) is 0 Å². The Morgan fingerprint density at radius 2 is 1.81 bits per heavy atom. The number of nitrogens with zero attached hydrogens (tertiary/aromatic N) is 2. The predicted molar refractivity (Wildman–Crippen MR) is 87.1 cm³/mol. The lowest BCUT2D eigenvalue weighted by molar-refractivity contribution is 0.357. The molecule has 3 rings (SSSR count). The molecule has 0 saturated carbocycles. The topological polar surface area (TPSA) is 61.8 Å². The van der Waals surface area contributed by atoms with E-state index in [1.165, 1.54) is 0 Å². The van der Waals surface area contributed by atoms with Crippen molar-refractivity contribution in [1.82, 2.24) is 5.01 Å². The number of rotatable bonds is 2. The van der Waals surface area contributed by atoms with E-state index in [1.807, 2.05) is 42.5 Å². The molecule has 2 aromatic rings. The highest BCUT2D eigenvalue weighted by atomic mass is 32.1. The molecule has 0 radical (unpaired) electrons. The number of nitrogens with two attached hydrogens (primary N) is 1. The summed E-state index contributed by atoms with van der Waals surface area (Å²) in [7, 11) is 0. The van der Waals surface area contributed by atoms with Crippen LogP contribution in [0.2, 0.25) is 0 Å². The molecule has 1 heterocycles. The maximum Gasteiger partial charge on any atom is 0.187 e. The molecule has 0 amide bonds. The van der Waals surface area contributed by atoms with E-state index in [1.54, 1.807) is 17.1 Å². The van der Waals surface area contributed by atoms with Crippen LogP contribution in [0.25, 0.3) is 0 Å². The molecule has 0 spiro atoms. The van der Waals surface area contributed by atoms with E-state index in [0.29, 0.717) is 6.42 Å². The SMILES string of the molecule is NC(=S)N1N=C(c2ccccc2)C[C@@H]1c1ccccc1O. The Balaban J connectivity index is 1.98. The van der Waals surface area contributed by atoms with Crippen molar-refractivity contribution in [1.29, 1.82) is 0 Å². The second-order valence-corrected chi connectivity index (χ2v) is 5.29. The average Bonchev–Trinajstić information content (AvgIpc) is 2.94. The van der Waals surface area contributed by atoms with Crippen molar-refractivity contribution in [3.05, 3.63) is 65.7 Å². The van der Waals surface area contributed by atoms with Gasteiger partial charge in [-0.05, 0) is 23.8 Å². The van der Waals surface area contributed by atoms with Crippen LogP contribution in [-0.2, 0) is 0 Å². The maximum absolute atomic E-state index is 10.1. The zero-order valence-corrected chi connectivity index (χ0v) is 12.1. The molecule has 106 valence electrons. The fourth-order valence-electron chi connectivity index (χ4n) is 2.53. The first kappa shape index (κ1) is 13.6. The van der Waals surface area contributed by atoms with Crippen LogP contribution in [0.1, 0.15) is 23.6 Å². The molecule has 0 fully saturated rings. The molecule has 1 atom stereocenters. The molecule has 2 aromatic carbocycles. The van der Waals surface area contributed by atoms with Gasteiger partial charge in [0.1, 0.15) is 5.75 Å². The van der Waals surface area contributed by atoms with Gasteiger partial charge in [0, 0.05) is 12.0 Å². The first-order chi connectivity index (χ1) is 10.2. The number of thiocarbonyl (C=S) groups is 1. The molecule has 1 aliphatic heterocycles. The van der Waals surface area contributed by atoms with E-state index >= 15 is 0 Å². The van der Waals surface area contributed by atoms with Gasteiger partial charge >= 0.3 is 0 Å². The molecule has 0 bridgehead atoms. The number of hydrogen-bond donors (Lipinski definition) is 2. The van der Waals surface area contributed by atoms with Crippen LogP contribution in [0.5, 0.6) is 5.75 Å². The second-order valence-electron chi connectivity index (χ2n) is 4.87. The third-order valence-corrected chi connectivity index (χ3v) is 3.73. The largest absolute Gasteiger partial charge is 0.508 e. The molecule has 0 saturated heterocycles. The first-order valence-electron chi connectivity index (χ1n) is 6.66. The van der Waals surface area contributed by atoms with Gasteiger partial charge in [-0.15, -0.1) is 0 Å². The minimum Gasteiger partial charge on any atom is -0.508 e. The van der Waals surface area contributed by atoms with Gasteiger partial charge in [0.25, 0.3) is 0 Å². The molecule has 4 nitrogen and oxygen atoms in total. The number of aromatic hydroxyl groups is 1. The van der Waals surface area contributed by atoms with Crippen molar-refractivity contribution >= 4 is 23.0 Å². The van der Waals surface area contributed by atoms with Gasteiger partial charge in [-0.3, -0.25) is 0 Å². The lowest BCUT2D eigenvalue weighted by Crippen LogP contribution is -2.31. The highest BCUT2D eigenvalue weighted by Gasteiger charge is 2.31. The Hall–Kier alpha value is -2.40. The Labute approximate surface area is 128 Å². The summed E-state index contributed by atoms with van der Waals surface area (Å²) in [6.45, 7) is 0. The van der Waals surface area contributed by atoms with E-state index in [2.05, 4.69) is 5.10 Å². The van der Waals surface area contributed by atoms with E-state index in [9.17, 15) is 5.11 Å². The third-order valence-electron chi connectivity index (χ3n) is 3.54. The highest BCUT2D eigenvalue weighted by molar-refractivity contribution is 7.80. The van der Waals surface area contributed by atoms with Crippen LogP contribution >= 0.6 is 12.2 Å². The Bertz CT molecular complexity index is 700. The van der Waals surface area contributed by atoms with Gasteiger partial charge in [0.15, 0.2) is 5.11 Å². The normalized spacial score (nSPS) is 17.6. The van der Waals surface area contributed by atoms with Crippen molar-refractivity contribution in [2.45, 2.75) is 12.5 Å². The van der Waals surface area contributed by atoms with Crippen LogP contribution < -0.4 is 5.73 Å². The summed E-state index contributed by atoms with van der Waals surface area (Å²) < 4.78 is 0. The second kappa shape index (κ2) is 5.54. The Morgan fingerprint density at radius 3 is 2.48 bits per heavy atom. The predicted octanol–water partition coefficient (Wildman–Crippen LogP) is 2.79. The molecule has 3 N–H and O–H groups in total. The summed E-state index contributed by atoms with van der Waals surface area (Å²) in [5.41, 5.74) is 8.51. The summed E-state index contributed by atoms with van der Waals surface area (Å²) in [6.07, 6.45) is 0.652. The standard InChI is InChI=1S/C16H15N3OS/c17-16(21)19-14(12-8-4-5-9-15(12)20)10-13(18-19)11-6-2-1-3-7-11/h1-9,14,20H,10H2,(H2,17,21)/t14-/m1/s1. The van der Waals surface area contributed by atoms with Gasteiger partial charge in [0.05, 0.1) is 11.8 Å². The van der Waals surface area contributed by atoms with Crippen molar-refractivity contribution < 1.29 is 5.11 Å². The zero-order valence-electron chi connectivity index (χ0n) is 11.3. The van der Waals surface area contributed by atoms with Gasteiger partial charge in [-0.25, -0.2) is 5.01 Å². The third kappa shape index (κ3) is 2.60. The fraction of sp³-hybridized carbons (Fsp3) is 0.125. The van der Waals surface area contributed by atoms with Crippen molar-refractivity contribution in [2.24, 2.45) is 10.8 Å². The van der Waals surface area contributed by atoms with E-state index in [-0.39, 0.29) is 16.9 Å². The summed E-state index contributed by atoms with van der Waals surface area (Å²) >= 11 is 5.09. The summed E-state index contributed by atoms with van der Waals surface area (Å²) in [4.78, 5) is 0. The summed E-state index contributed by atoms with van der Waals surface area (Å²) in [5.74, 6) is 0.230. The quantitative estimate of drug-likeness (QED) is 0.837. The lowest BCUT2D eigenvalue weighted by Gasteiger charge is -2.22. The smallest absolute Gasteiger partial charge is 0.187 e. The summed E-state index contributed by atoms with van der Waals surface area (Å²) in [6, 6.07) is 16.9. The zero-order chi connectivity index (χ0) is 14.8.